The van der Waals surface area contributed by atoms with Crippen molar-refractivity contribution in [1.82, 2.24) is 14.5 Å². The standard InChI is InChI=1S/C19H15ClF2N4O3S2/c20-11-3-1-4-13(9-11)23-17(27)19-25-24-18(30-19)15-5-2-8-26(15)31(28,29)16-7-6-12(21)10-14(16)22/h1,3-4,6-7,9-10,15H,2,5,8H2,(H,23,27)/t15-/m0/s1. The van der Waals surface area contributed by atoms with Gasteiger partial charge in [0.2, 0.25) is 15.0 Å². The number of carbonyl (C=O) groups excluding carboxylic acids is 1. The number of anilines is 1. The third-order valence-electron chi connectivity index (χ3n) is 4.69. The van der Waals surface area contributed by atoms with E-state index in [0.717, 1.165) is 27.8 Å². The number of carbonyl (C=O) groups is 1. The molecule has 1 saturated heterocycles. The van der Waals surface area contributed by atoms with Gasteiger partial charge >= 0.3 is 0 Å². The molecule has 1 fully saturated rings. The number of nitrogens with zero attached hydrogens (tertiary/aromatic N) is 3. The monoisotopic (exact) mass is 484 g/mol. The van der Waals surface area contributed by atoms with Crippen molar-refractivity contribution in [3.8, 4) is 0 Å². The van der Waals surface area contributed by atoms with E-state index in [1.807, 2.05) is 0 Å². The van der Waals surface area contributed by atoms with E-state index in [2.05, 4.69) is 15.5 Å². The molecule has 0 radical (unpaired) electrons. The van der Waals surface area contributed by atoms with Crippen LogP contribution in [0.4, 0.5) is 14.5 Å². The molecule has 2 heterocycles. The normalized spacial score (nSPS) is 17.1. The molecule has 0 saturated carbocycles. The summed E-state index contributed by atoms with van der Waals surface area (Å²) in [4.78, 5) is 11.9. The molecule has 0 aliphatic carbocycles. The van der Waals surface area contributed by atoms with Crippen LogP contribution in [-0.4, -0.2) is 35.4 Å². The summed E-state index contributed by atoms with van der Waals surface area (Å²) < 4.78 is 54.4. The minimum Gasteiger partial charge on any atom is -0.320 e. The zero-order valence-corrected chi connectivity index (χ0v) is 18.1. The molecular formula is C19H15ClF2N4O3S2. The van der Waals surface area contributed by atoms with E-state index in [-0.39, 0.29) is 11.6 Å². The van der Waals surface area contributed by atoms with E-state index in [1.54, 1.807) is 24.3 Å². The van der Waals surface area contributed by atoms with Crippen molar-refractivity contribution in [2.75, 3.05) is 11.9 Å². The van der Waals surface area contributed by atoms with E-state index in [4.69, 9.17) is 11.6 Å². The first-order valence-corrected chi connectivity index (χ1v) is 11.8. The van der Waals surface area contributed by atoms with Crippen LogP contribution in [0.25, 0.3) is 0 Å². The average molecular weight is 485 g/mol. The highest BCUT2D eigenvalue weighted by Crippen LogP contribution is 2.38. The number of hydrogen-bond acceptors (Lipinski definition) is 6. The van der Waals surface area contributed by atoms with Crippen molar-refractivity contribution in [2.24, 2.45) is 0 Å². The summed E-state index contributed by atoms with van der Waals surface area (Å²) in [6.07, 6.45) is 0.961. The van der Waals surface area contributed by atoms with Crippen molar-refractivity contribution in [3.05, 3.63) is 69.1 Å². The number of rotatable bonds is 5. The topological polar surface area (TPSA) is 92.3 Å². The summed E-state index contributed by atoms with van der Waals surface area (Å²) in [7, 11) is -4.23. The molecule has 162 valence electrons. The van der Waals surface area contributed by atoms with E-state index < -0.39 is 38.5 Å². The quantitative estimate of drug-likeness (QED) is 0.584. The van der Waals surface area contributed by atoms with Crippen LogP contribution in [-0.2, 0) is 10.0 Å². The van der Waals surface area contributed by atoms with Gasteiger partial charge < -0.3 is 5.32 Å². The number of nitrogens with one attached hydrogen (secondary N) is 1. The van der Waals surface area contributed by atoms with E-state index >= 15 is 0 Å². The molecule has 1 aliphatic rings. The van der Waals surface area contributed by atoms with Gasteiger partial charge in [-0.05, 0) is 43.2 Å². The SMILES string of the molecule is O=C(Nc1cccc(Cl)c1)c1nnc([C@@H]2CCCN2S(=O)(=O)c2ccc(F)cc2F)s1. The third kappa shape index (κ3) is 4.45. The fraction of sp³-hybridized carbons (Fsp3) is 0.211. The lowest BCUT2D eigenvalue weighted by Gasteiger charge is -2.22. The lowest BCUT2D eigenvalue weighted by Crippen LogP contribution is -2.31. The Hall–Kier alpha value is -2.47. The van der Waals surface area contributed by atoms with Crippen molar-refractivity contribution in [2.45, 2.75) is 23.8 Å². The van der Waals surface area contributed by atoms with Crippen molar-refractivity contribution >= 4 is 44.6 Å². The first-order chi connectivity index (χ1) is 14.8. The molecular weight excluding hydrogens is 470 g/mol. The van der Waals surface area contributed by atoms with Crippen LogP contribution < -0.4 is 5.32 Å². The van der Waals surface area contributed by atoms with Crippen LogP contribution in [0, 0.1) is 11.6 Å². The fourth-order valence-electron chi connectivity index (χ4n) is 3.30. The Morgan fingerprint density at radius 3 is 2.74 bits per heavy atom. The van der Waals surface area contributed by atoms with Crippen LogP contribution in [0.5, 0.6) is 0 Å². The number of hydrogen-bond donors (Lipinski definition) is 1. The Kier molecular flexibility index (Phi) is 6.02. The predicted octanol–water partition coefficient (Wildman–Crippen LogP) is 4.25. The van der Waals surface area contributed by atoms with Gasteiger partial charge in [-0.25, -0.2) is 17.2 Å². The third-order valence-corrected chi connectivity index (χ3v) is 7.89. The number of aromatic nitrogens is 2. The Morgan fingerprint density at radius 1 is 1.19 bits per heavy atom. The molecule has 1 aromatic heterocycles. The van der Waals surface area contributed by atoms with Gasteiger partial charge in [0.15, 0.2) is 0 Å². The molecule has 4 rings (SSSR count). The molecule has 0 unspecified atom stereocenters. The summed E-state index contributed by atoms with van der Waals surface area (Å²) >= 11 is 6.86. The Morgan fingerprint density at radius 2 is 2.00 bits per heavy atom. The zero-order valence-electron chi connectivity index (χ0n) is 15.8. The van der Waals surface area contributed by atoms with E-state index in [0.29, 0.717) is 34.6 Å². The van der Waals surface area contributed by atoms with Crippen LogP contribution >= 0.6 is 22.9 Å². The molecule has 1 amide bonds. The Bertz CT molecular complexity index is 1250. The largest absolute Gasteiger partial charge is 0.320 e. The molecule has 2 aromatic carbocycles. The summed E-state index contributed by atoms with van der Waals surface area (Å²) in [6.45, 7) is 0.146. The fourth-order valence-corrected chi connectivity index (χ4v) is 6.15. The molecule has 0 bridgehead atoms. The van der Waals surface area contributed by atoms with Gasteiger partial charge in [0.25, 0.3) is 5.91 Å². The van der Waals surface area contributed by atoms with Crippen LogP contribution in [0.3, 0.4) is 0 Å². The lowest BCUT2D eigenvalue weighted by molar-refractivity contribution is 0.102. The van der Waals surface area contributed by atoms with E-state index in [1.165, 1.54) is 0 Å². The highest BCUT2D eigenvalue weighted by Gasteiger charge is 2.39. The first-order valence-electron chi connectivity index (χ1n) is 9.13. The predicted molar refractivity (Wildman–Crippen MR) is 112 cm³/mol. The Balaban J connectivity index is 1.57. The first kappa shape index (κ1) is 21.8. The van der Waals surface area contributed by atoms with Gasteiger partial charge in [0.1, 0.15) is 21.5 Å². The zero-order chi connectivity index (χ0) is 22.2. The number of amides is 1. The molecule has 12 heteroatoms. The molecule has 7 nitrogen and oxygen atoms in total. The molecule has 0 spiro atoms. The number of benzene rings is 2. The van der Waals surface area contributed by atoms with Crippen LogP contribution in [0.2, 0.25) is 5.02 Å². The maximum atomic E-state index is 14.1. The van der Waals surface area contributed by atoms with Crippen molar-refractivity contribution in [3.63, 3.8) is 0 Å². The van der Waals surface area contributed by atoms with Gasteiger partial charge in [-0.15, -0.1) is 10.2 Å². The number of halogens is 3. The second kappa shape index (κ2) is 8.58. The van der Waals surface area contributed by atoms with Crippen LogP contribution in [0.1, 0.15) is 33.7 Å². The number of sulfonamides is 1. The second-order valence-corrected chi connectivity index (χ2v) is 10.1. The van der Waals surface area contributed by atoms with Gasteiger partial charge in [-0.2, -0.15) is 4.31 Å². The van der Waals surface area contributed by atoms with Crippen LogP contribution in [0.15, 0.2) is 47.4 Å². The minimum absolute atomic E-state index is 0.0483. The molecule has 1 atom stereocenters. The highest BCUT2D eigenvalue weighted by molar-refractivity contribution is 7.89. The summed E-state index contributed by atoms with van der Waals surface area (Å²) in [6, 6.07) is 8.21. The maximum absolute atomic E-state index is 14.1. The van der Waals surface area contributed by atoms with Gasteiger partial charge in [-0.3, -0.25) is 4.79 Å². The molecule has 1 N–H and O–H groups in total. The minimum atomic E-state index is -4.23. The van der Waals surface area contributed by atoms with Gasteiger partial charge in [0.05, 0.1) is 6.04 Å². The molecule has 31 heavy (non-hydrogen) atoms. The van der Waals surface area contributed by atoms with Crippen molar-refractivity contribution < 1.29 is 22.0 Å². The summed E-state index contributed by atoms with van der Waals surface area (Å²) in [5.74, 6) is -2.54. The van der Waals surface area contributed by atoms with Crippen molar-refractivity contribution in [1.29, 1.82) is 0 Å². The lowest BCUT2D eigenvalue weighted by atomic mass is 10.2. The summed E-state index contributed by atoms with van der Waals surface area (Å²) in [5.41, 5.74) is 0.478. The molecule has 3 aromatic rings. The molecule has 1 aliphatic heterocycles. The van der Waals surface area contributed by atoms with Gasteiger partial charge in [-0.1, -0.05) is 29.0 Å². The highest BCUT2D eigenvalue weighted by atomic mass is 35.5. The smallest absolute Gasteiger partial charge is 0.286 e. The van der Waals surface area contributed by atoms with E-state index in [9.17, 15) is 22.0 Å². The van der Waals surface area contributed by atoms with Gasteiger partial charge in [0, 0.05) is 23.3 Å². The average Bonchev–Trinajstić information content (AvgIpc) is 3.37. The summed E-state index contributed by atoms with van der Waals surface area (Å²) in [5, 5.41) is 11.3. The second-order valence-electron chi connectivity index (χ2n) is 6.76. The maximum Gasteiger partial charge on any atom is 0.286 e. The Labute approximate surface area is 185 Å².